The summed E-state index contributed by atoms with van der Waals surface area (Å²) in [6, 6.07) is 6.59. The molecule has 1 amide bonds. The van der Waals surface area contributed by atoms with Crippen molar-refractivity contribution < 1.29 is 9.18 Å². The van der Waals surface area contributed by atoms with Crippen molar-refractivity contribution in [3.8, 4) is 0 Å². The quantitative estimate of drug-likeness (QED) is 0.898. The third kappa shape index (κ3) is 3.36. The Morgan fingerprint density at radius 2 is 2.12 bits per heavy atom. The van der Waals surface area contributed by atoms with Crippen LogP contribution in [0.15, 0.2) is 29.1 Å². The van der Waals surface area contributed by atoms with Crippen molar-refractivity contribution in [1.29, 1.82) is 0 Å². The molecule has 1 unspecified atom stereocenters. The molecular weight excluding hydrogens is 323 g/mol. The molecule has 25 heavy (non-hydrogen) atoms. The van der Waals surface area contributed by atoms with Gasteiger partial charge in [-0.3, -0.25) is 9.36 Å². The van der Waals surface area contributed by atoms with Crippen molar-refractivity contribution in [2.75, 3.05) is 6.54 Å². The summed E-state index contributed by atoms with van der Waals surface area (Å²) < 4.78 is 15.6. The minimum absolute atomic E-state index is 0.00824. The van der Waals surface area contributed by atoms with Gasteiger partial charge in [0.1, 0.15) is 11.6 Å². The van der Waals surface area contributed by atoms with Crippen molar-refractivity contribution in [2.24, 2.45) is 11.8 Å². The van der Waals surface area contributed by atoms with Crippen LogP contribution in [0.3, 0.4) is 0 Å². The molecule has 1 aromatic carbocycles. The molecule has 6 nitrogen and oxygen atoms in total. The molecule has 4 rings (SSSR count). The molecule has 132 valence electrons. The molecule has 2 aromatic rings. The van der Waals surface area contributed by atoms with Crippen LogP contribution in [-0.4, -0.2) is 32.1 Å². The summed E-state index contributed by atoms with van der Waals surface area (Å²) in [5.41, 5.74) is 0.267. The Morgan fingerprint density at radius 1 is 1.32 bits per heavy atom. The number of aromatic amines is 1. The molecule has 1 atom stereocenters. The number of nitrogens with zero attached hydrogens (tertiary/aromatic N) is 3. The van der Waals surface area contributed by atoms with Crippen LogP contribution in [-0.2, 0) is 24.3 Å². The number of aryl methyl sites for hydroxylation is 1. The molecule has 2 aliphatic rings. The number of carbonyl (C=O) groups is 1. The van der Waals surface area contributed by atoms with Crippen LogP contribution in [0.1, 0.15) is 30.7 Å². The van der Waals surface area contributed by atoms with Crippen molar-refractivity contribution in [1.82, 2.24) is 19.7 Å². The van der Waals surface area contributed by atoms with E-state index in [1.807, 2.05) is 0 Å². The van der Waals surface area contributed by atoms with Crippen molar-refractivity contribution >= 4 is 5.91 Å². The number of hydrogen-bond acceptors (Lipinski definition) is 3. The molecule has 7 heteroatoms. The summed E-state index contributed by atoms with van der Waals surface area (Å²) >= 11 is 0. The number of rotatable bonds is 5. The Bertz CT molecular complexity index is 840. The maximum absolute atomic E-state index is 14.0. The lowest BCUT2D eigenvalue weighted by Gasteiger charge is -2.30. The maximum atomic E-state index is 14.0. The number of hydrogen-bond donors (Lipinski definition) is 1. The van der Waals surface area contributed by atoms with Gasteiger partial charge in [0.2, 0.25) is 5.91 Å². The van der Waals surface area contributed by atoms with Gasteiger partial charge in [-0.05, 0) is 31.2 Å². The summed E-state index contributed by atoms with van der Waals surface area (Å²) in [6.07, 6.45) is 3.52. The normalized spacial score (nSPS) is 19.5. The van der Waals surface area contributed by atoms with Gasteiger partial charge in [-0.15, -0.1) is 0 Å². The highest BCUT2D eigenvalue weighted by molar-refractivity contribution is 5.79. The van der Waals surface area contributed by atoms with Gasteiger partial charge >= 0.3 is 5.69 Å². The standard InChI is InChI=1S/C18H21FN4O2/c19-15-4-2-1-3-13(15)10-22(9-12-5-6-12)17(24)14-7-8-16-20-21-18(25)23(16)11-14/h1-4,12,14H,5-11H2,(H,21,25). The van der Waals surface area contributed by atoms with Gasteiger partial charge in [-0.1, -0.05) is 18.2 Å². The number of nitrogens with one attached hydrogen (secondary N) is 1. The fourth-order valence-corrected chi connectivity index (χ4v) is 3.48. The van der Waals surface area contributed by atoms with Gasteiger partial charge < -0.3 is 4.90 Å². The zero-order valence-electron chi connectivity index (χ0n) is 13.9. The Balaban J connectivity index is 1.53. The van der Waals surface area contributed by atoms with Crippen LogP contribution in [0, 0.1) is 17.7 Å². The third-order valence-electron chi connectivity index (χ3n) is 5.11. The van der Waals surface area contributed by atoms with Crippen molar-refractivity contribution in [2.45, 2.75) is 38.8 Å². The number of benzene rings is 1. The largest absolute Gasteiger partial charge is 0.343 e. The second-order valence-corrected chi connectivity index (χ2v) is 7.04. The molecule has 0 spiro atoms. The predicted octanol–water partition coefficient (Wildman–Crippen LogP) is 1.71. The number of fused-ring (bicyclic) bond motifs is 1. The smallest absolute Gasteiger partial charge is 0.338 e. The van der Waals surface area contributed by atoms with E-state index in [1.54, 1.807) is 27.7 Å². The molecule has 1 aliphatic carbocycles. The minimum Gasteiger partial charge on any atom is -0.338 e. The summed E-state index contributed by atoms with van der Waals surface area (Å²) in [4.78, 5) is 26.6. The highest BCUT2D eigenvalue weighted by Crippen LogP contribution is 2.31. The van der Waals surface area contributed by atoms with E-state index in [1.165, 1.54) is 6.07 Å². The first-order valence-electron chi connectivity index (χ1n) is 8.78. The van der Waals surface area contributed by atoms with Crippen LogP contribution in [0.2, 0.25) is 0 Å². The van der Waals surface area contributed by atoms with E-state index in [4.69, 9.17) is 0 Å². The third-order valence-corrected chi connectivity index (χ3v) is 5.11. The Kier molecular flexibility index (Phi) is 4.15. The van der Waals surface area contributed by atoms with Gasteiger partial charge in [-0.2, -0.15) is 5.10 Å². The van der Waals surface area contributed by atoms with Crippen LogP contribution < -0.4 is 5.69 Å². The van der Waals surface area contributed by atoms with Gasteiger partial charge in [0, 0.05) is 31.6 Å². The SMILES string of the molecule is O=C(C1CCc2n[nH]c(=O)n2C1)N(Cc1ccccc1F)CC1CC1. The second kappa shape index (κ2) is 6.46. The molecule has 1 aliphatic heterocycles. The lowest BCUT2D eigenvalue weighted by atomic mass is 9.97. The summed E-state index contributed by atoms with van der Waals surface area (Å²) in [5.74, 6) is 0.693. The van der Waals surface area contributed by atoms with Crippen LogP contribution >= 0.6 is 0 Å². The molecular formula is C18H21FN4O2. The van der Waals surface area contributed by atoms with Crippen LogP contribution in [0.25, 0.3) is 0 Å². The molecule has 1 saturated carbocycles. The molecule has 2 heterocycles. The van der Waals surface area contributed by atoms with E-state index in [0.29, 0.717) is 43.2 Å². The molecule has 1 N–H and O–H groups in total. The van der Waals surface area contributed by atoms with Crippen molar-refractivity contribution in [3.63, 3.8) is 0 Å². The fraction of sp³-hybridized carbons (Fsp3) is 0.500. The van der Waals surface area contributed by atoms with E-state index in [9.17, 15) is 14.0 Å². The zero-order valence-corrected chi connectivity index (χ0v) is 13.9. The van der Waals surface area contributed by atoms with E-state index in [-0.39, 0.29) is 29.9 Å². The van der Waals surface area contributed by atoms with Gasteiger partial charge in [-0.25, -0.2) is 14.3 Å². The zero-order chi connectivity index (χ0) is 17.4. The first-order valence-corrected chi connectivity index (χ1v) is 8.78. The van der Waals surface area contributed by atoms with Gasteiger partial charge in [0.25, 0.3) is 0 Å². The summed E-state index contributed by atoms with van der Waals surface area (Å²) in [5, 5.41) is 6.42. The molecule has 0 radical (unpaired) electrons. The highest BCUT2D eigenvalue weighted by Gasteiger charge is 2.33. The number of halogens is 1. The second-order valence-electron chi connectivity index (χ2n) is 7.04. The molecule has 1 aromatic heterocycles. The molecule has 0 bridgehead atoms. The van der Waals surface area contributed by atoms with Gasteiger partial charge in [0.05, 0.1) is 5.92 Å². The van der Waals surface area contributed by atoms with Crippen molar-refractivity contribution in [3.05, 3.63) is 52.0 Å². The topological polar surface area (TPSA) is 71.0 Å². The lowest BCUT2D eigenvalue weighted by molar-refractivity contribution is -0.137. The highest BCUT2D eigenvalue weighted by atomic mass is 19.1. The number of amides is 1. The minimum atomic E-state index is -0.284. The van der Waals surface area contributed by atoms with E-state index in [0.717, 1.165) is 12.8 Å². The molecule has 0 saturated heterocycles. The van der Waals surface area contributed by atoms with E-state index >= 15 is 0 Å². The van der Waals surface area contributed by atoms with Crippen LogP contribution in [0.5, 0.6) is 0 Å². The Morgan fingerprint density at radius 3 is 2.88 bits per heavy atom. The summed E-state index contributed by atoms with van der Waals surface area (Å²) in [6.45, 7) is 1.30. The van der Waals surface area contributed by atoms with E-state index in [2.05, 4.69) is 10.2 Å². The summed E-state index contributed by atoms with van der Waals surface area (Å²) in [7, 11) is 0. The number of aromatic nitrogens is 3. The average molecular weight is 344 g/mol. The Labute approximate surface area is 144 Å². The van der Waals surface area contributed by atoms with Gasteiger partial charge in [0.15, 0.2) is 0 Å². The average Bonchev–Trinajstić information content (AvgIpc) is 3.37. The monoisotopic (exact) mass is 344 g/mol. The number of carbonyl (C=O) groups excluding carboxylic acids is 1. The fourth-order valence-electron chi connectivity index (χ4n) is 3.48. The Hall–Kier alpha value is -2.44. The van der Waals surface area contributed by atoms with Crippen LogP contribution in [0.4, 0.5) is 4.39 Å². The lowest BCUT2D eigenvalue weighted by Crippen LogP contribution is -2.42. The first-order chi connectivity index (χ1) is 12.1. The molecule has 1 fully saturated rings. The number of H-pyrrole nitrogens is 1. The maximum Gasteiger partial charge on any atom is 0.343 e. The predicted molar refractivity (Wildman–Crippen MR) is 89.2 cm³/mol. The van der Waals surface area contributed by atoms with E-state index < -0.39 is 0 Å². The first kappa shape index (κ1) is 16.1.